The molecule has 1 rings (SSSR count). The average Bonchev–Trinajstić information content (AvgIpc) is 2.27. The van der Waals surface area contributed by atoms with Crippen molar-refractivity contribution in [1.29, 1.82) is 0 Å². The van der Waals surface area contributed by atoms with Gasteiger partial charge in [0.1, 0.15) is 5.75 Å². The van der Waals surface area contributed by atoms with Gasteiger partial charge in [0, 0.05) is 12.1 Å². The van der Waals surface area contributed by atoms with Crippen molar-refractivity contribution >= 4 is 10.0 Å². The molecule has 6 heteroatoms. The quantitative estimate of drug-likeness (QED) is 0.830. The summed E-state index contributed by atoms with van der Waals surface area (Å²) >= 11 is 0. The third-order valence-corrected chi connectivity index (χ3v) is 4.52. The van der Waals surface area contributed by atoms with Gasteiger partial charge >= 0.3 is 0 Å². The van der Waals surface area contributed by atoms with Gasteiger partial charge in [0.05, 0.1) is 12.0 Å². The number of sulfonamides is 1. The molecule has 0 radical (unpaired) electrons. The highest BCUT2D eigenvalue weighted by Gasteiger charge is 2.26. The summed E-state index contributed by atoms with van der Waals surface area (Å²) in [6.45, 7) is 5.18. The predicted molar refractivity (Wildman–Crippen MR) is 73.8 cm³/mol. The first-order chi connectivity index (χ1) is 8.72. The van der Waals surface area contributed by atoms with Gasteiger partial charge in [-0.05, 0) is 51.0 Å². The molecule has 1 aromatic rings. The molecular formula is C13H21NO4S. The summed E-state index contributed by atoms with van der Waals surface area (Å²) < 4.78 is 32.2. The van der Waals surface area contributed by atoms with Gasteiger partial charge in [0.15, 0.2) is 0 Å². The van der Waals surface area contributed by atoms with Crippen LogP contribution in [0.1, 0.15) is 25.8 Å². The number of hydrogen-bond acceptors (Lipinski definition) is 4. The monoisotopic (exact) mass is 287 g/mol. The van der Waals surface area contributed by atoms with E-state index in [-0.39, 0.29) is 11.5 Å². The molecule has 108 valence electrons. The number of aliphatic hydroxyl groups is 1. The molecule has 19 heavy (non-hydrogen) atoms. The third kappa shape index (κ3) is 4.19. The van der Waals surface area contributed by atoms with Crippen LogP contribution in [0, 0.1) is 6.92 Å². The Bertz CT molecular complexity index is 538. The molecule has 5 nitrogen and oxygen atoms in total. The van der Waals surface area contributed by atoms with Crippen LogP contribution in [-0.2, 0) is 10.0 Å². The van der Waals surface area contributed by atoms with Crippen LogP contribution in [-0.4, -0.2) is 32.8 Å². The van der Waals surface area contributed by atoms with E-state index in [1.54, 1.807) is 40.0 Å². The fourth-order valence-electron chi connectivity index (χ4n) is 1.77. The Balaban J connectivity index is 3.04. The SMILES string of the molecule is COc1ccc(S(=O)(=O)NC(C)(C)CCO)cc1C. The molecule has 0 aliphatic rings. The zero-order valence-corrected chi connectivity index (χ0v) is 12.5. The van der Waals surface area contributed by atoms with Gasteiger partial charge in [-0.25, -0.2) is 13.1 Å². The van der Waals surface area contributed by atoms with E-state index in [2.05, 4.69) is 4.72 Å². The Morgan fingerprint density at radius 2 is 2.00 bits per heavy atom. The van der Waals surface area contributed by atoms with E-state index in [0.717, 1.165) is 5.56 Å². The first-order valence-corrected chi connectivity index (χ1v) is 7.49. The highest BCUT2D eigenvalue weighted by molar-refractivity contribution is 7.89. The second-order valence-corrected chi connectivity index (χ2v) is 6.78. The molecule has 0 saturated carbocycles. The molecule has 0 spiro atoms. The highest BCUT2D eigenvalue weighted by atomic mass is 32.2. The lowest BCUT2D eigenvalue weighted by Crippen LogP contribution is -2.43. The van der Waals surface area contributed by atoms with Crippen LogP contribution < -0.4 is 9.46 Å². The third-order valence-electron chi connectivity index (χ3n) is 2.82. The normalized spacial score (nSPS) is 12.5. The van der Waals surface area contributed by atoms with Crippen molar-refractivity contribution < 1.29 is 18.3 Å². The summed E-state index contributed by atoms with van der Waals surface area (Å²) in [5.41, 5.74) is 0.0619. The Morgan fingerprint density at radius 1 is 1.37 bits per heavy atom. The number of hydrogen-bond donors (Lipinski definition) is 2. The van der Waals surface area contributed by atoms with Crippen LogP contribution in [0.4, 0.5) is 0 Å². The number of aliphatic hydroxyl groups excluding tert-OH is 1. The van der Waals surface area contributed by atoms with E-state index < -0.39 is 15.6 Å². The molecule has 0 aromatic heterocycles. The van der Waals surface area contributed by atoms with E-state index in [9.17, 15) is 8.42 Å². The molecule has 0 atom stereocenters. The molecule has 0 aliphatic carbocycles. The Hall–Kier alpha value is -1.11. The Labute approximate surface area is 114 Å². The van der Waals surface area contributed by atoms with Crippen LogP contribution in [0.2, 0.25) is 0 Å². The standard InChI is InChI=1S/C13H21NO4S/c1-10-9-11(5-6-12(10)18-4)19(16,17)14-13(2,3)7-8-15/h5-6,9,14-15H,7-8H2,1-4H3. The molecule has 0 unspecified atom stereocenters. The number of ether oxygens (including phenoxy) is 1. The number of aryl methyl sites for hydroxylation is 1. The van der Waals surface area contributed by atoms with Gasteiger partial charge in [-0.3, -0.25) is 0 Å². The number of methoxy groups -OCH3 is 1. The maximum Gasteiger partial charge on any atom is 0.241 e. The molecule has 0 aliphatic heterocycles. The minimum Gasteiger partial charge on any atom is -0.496 e. The summed E-state index contributed by atoms with van der Waals surface area (Å²) in [6, 6.07) is 4.70. The maximum atomic E-state index is 12.2. The fraction of sp³-hybridized carbons (Fsp3) is 0.538. The lowest BCUT2D eigenvalue weighted by atomic mass is 10.0. The first kappa shape index (κ1) is 15.9. The topological polar surface area (TPSA) is 75.6 Å². The van der Waals surface area contributed by atoms with Crippen molar-refractivity contribution in [2.75, 3.05) is 13.7 Å². The van der Waals surface area contributed by atoms with Gasteiger partial charge < -0.3 is 9.84 Å². The van der Waals surface area contributed by atoms with Gasteiger partial charge in [-0.2, -0.15) is 0 Å². The van der Waals surface area contributed by atoms with E-state index in [0.29, 0.717) is 12.2 Å². The van der Waals surface area contributed by atoms with Crippen molar-refractivity contribution in [3.63, 3.8) is 0 Å². The lowest BCUT2D eigenvalue weighted by Gasteiger charge is -2.25. The second-order valence-electron chi connectivity index (χ2n) is 5.09. The molecule has 0 saturated heterocycles. The van der Waals surface area contributed by atoms with E-state index in [1.165, 1.54) is 6.07 Å². The van der Waals surface area contributed by atoms with Crippen LogP contribution in [0.3, 0.4) is 0 Å². The van der Waals surface area contributed by atoms with Crippen molar-refractivity contribution in [3.8, 4) is 5.75 Å². The van der Waals surface area contributed by atoms with Crippen molar-refractivity contribution in [2.24, 2.45) is 0 Å². The van der Waals surface area contributed by atoms with E-state index in [1.807, 2.05) is 0 Å². The summed E-state index contributed by atoms with van der Waals surface area (Å²) in [5.74, 6) is 0.647. The molecule has 1 aromatic carbocycles. The zero-order chi connectivity index (χ0) is 14.7. The van der Waals surface area contributed by atoms with Crippen LogP contribution in [0.5, 0.6) is 5.75 Å². The fourth-order valence-corrected chi connectivity index (χ4v) is 3.30. The largest absolute Gasteiger partial charge is 0.496 e. The average molecular weight is 287 g/mol. The molecule has 0 heterocycles. The minimum absolute atomic E-state index is 0.0723. The predicted octanol–water partition coefficient (Wildman–Crippen LogP) is 1.44. The number of benzene rings is 1. The number of rotatable bonds is 6. The number of nitrogens with one attached hydrogen (secondary N) is 1. The smallest absolute Gasteiger partial charge is 0.241 e. The van der Waals surface area contributed by atoms with Gasteiger partial charge in [-0.15, -0.1) is 0 Å². The van der Waals surface area contributed by atoms with Crippen molar-refractivity contribution in [3.05, 3.63) is 23.8 Å². The van der Waals surface area contributed by atoms with E-state index >= 15 is 0 Å². The van der Waals surface area contributed by atoms with Crippen LogP contribution in [0.15, 0.2) is 23.1 Å². The van der Waals surface area contributed by atoms with Crippen LogP contribution in [0.25, 0.3) is 0 Å². The van der Waals surface area contributed by atoms with Crippen molar-refractivity contribution in [2.45, 2.75) is 37.6 Å². The van der Waals surface area contributed by atoms with Gasteiger partial charge in [0.2, 0.25) is 10.0 Å². The van der Waals surface area contributed by atoms with Crippen molar-refractivity contribution in [1.82, 2.24) is 4.72 Å². The first-order valence-electron chi connectivity index (χ1n) is 6.01. The summed E-state index contributed by atoms with van der Waals surface area (Å²) in [7, 11) is -2.06. The summed E-state index contributed by atoms with van der Waals surface area (Å²) in [6.07, 6.45) is 0.349. The maximum absolute atomic E-state index is 12.2. The summed E-state index contributed by atoms with van der Waals surface area (Å²) in [4.78, 5) is 0.191. The molecule has 2 N–H and O–H groups in total. The molecular weight excluding hydrogens is 266 g/mol. The zero-order valence-electron chi connectivity index (χ0n) is 11.7. The van der Waals surface area contributed by atoms with Crippen LogP contribution >= 0.6 is 0 Å². The molecule has 0 fully saturated rings. The highest BCUT2D eigenvalue weighted by Crippen LogP contribution is 2.22. The molecule has 0 amide bonds. The lowest BCUT2D eigenvalue weighted by molar-refractivity contribution is 0.245. The Kier molecular flexibility index (Phi) is 4.95. The Morgan fingerprint density at radius 3 is 2.47 bits per heavy atom. The van der Waals surface area contributed by atoms with E-state index in [4.69, 9.17) is 9.84 Å². The molecule has 0 bridgehead atoms. The minimum atomic E-state index is -3.60. The second kappa shape index (κ2) is 5.90. The van der Waals surface area contributed by atoms with Gasteiger partial charge in [-0.1, -0.05) is 0 Å². The van der Waals surface area contributed by atoms with Gasteiger partial charge in [0.25, 0.3) is 0 Å². The summed E-state index contributed by atoms with van der Waals surface area (Å²) in [5, 5.41) is 8.93.